The van der Waals surface area contributed by atoms with Crippen molar-refractivity contribution >= 4 is 30.3 Å². The molecular formula is C36H33NO4Si. The van der Waals surface area contributed by atoms with E-state index in [0.717, 1.165) is 21.5 Å². The van der Waals surface area contributed by atoms with Crippen molar-refractivity contribution in [3.63, 3.8) is 0 Å². The lowest BCUT2D eigenvalue weighted by molar-refractivity contribution is 0.0817. The molecule has 1 aromatic heterocycles. The van der Waals surface area contributed by atoms with Gasteiger partial charge in [0, 0.05) is 29.6 Å². The highest BCUT2D eigenvalue weighted by Crippen LogP contribution is 2.39. The number of benzene rings is 4. The van der Waals surface area contributed by atoms with Gasteiger partial charge < -0.3 is 9.16 Å². The summed E-state index contributed by atoms with van der Waals surface area (Å²) in [6.07, 6.45) is 3.00. The summed E-state index contributed by atoms with van der Waals surface area (Å²) in [6, 6.07) is 36.9. The van der Waals surface area contributed by atoms with E-state index < -0.39 is 19.9 Å². The van der Waals surface area contributed by atoms with Gasteiger partial charge in [-0.1, -0.05) is 99.6 Å². The van der Waals surface area contributed by atoms with Gasteiger partial charge in [-0.15, -0.1) is 0 Å². The van der Waals surface area contributed by atoms with Gasteiger partial charge in [0.05, 0.1) is 7.11 Å². The second-order valence-corrected chi connectivity index (χ2v) is 15.4. The van der Waals surface area contributed by atoms with Crippen molar-refractivity contribution in [1.82, 2.24) is 4.98 Å². The predicted molar refractivity (Wildman–Crippen MR) is 170 cm³/mol. The molecule has 42 heavy (non-hydrogen) atoms. The molecule has 0 unspecified atom stereocenters. The van der Waals surface area contributed by atoms with E-state index in [2.05, 4.69) is 74.3 Å². The van der Waals surface area contributed by atoms with E-state index >= 15 is 0 Å². The molecule has 0 aliphatic rings. The predicted octanol–water partition coefficient (Wildman–Crippen LogP) is 6.76. The van der Waals surface area contributed by atoms with Gasteiger partial charge in [-0.2, -0.15) is 0 Å². The summed E-state index contributed by atoms with van der Waals surface area (Å²) in [7, 11) is -1.27. The molecule has 1 heterocycles. The molecule has 0 N–H and O–H groups in total. The average Bonchev–Trinajstić information content (AvgIpc) is 3.03. The maximum absolute atomic E-state index is 13.1. The van der Waals surface area contributed by atoms with E-state index in [0.29, 0.717) is 22.6 Å². The zero-order chi connectivity index (χ0) is 29.7. The van der Waals surface area contributed by atoms with E-state index in [1.54, 1.807) is 37.4 Å². The molecular weight excluding hydrogens is 538 g/mol. The van der Waals surface area contributed by atoms with Gasteiger partial charge in [-0.25, -0.2) is 0 Å². The highest BCUT2D eigenvalue weighted by Gasteiger charge is 2.52. The standard InChI is InChI=1S/C36H33NO4Si/c1-36(2,3)42(32-14-7-5-8-15-32,33-16-9-6-10-17-33)41-31-24-29(23-30(25-31)40-4)27-12-11-13-28(22-27)35(39)34(38)26-18-20-37-21-19-26/h5-25H,1-4H3. The first-order chi connectivity index (χ1) is 20.2. The van der Waals surface area contributed by atoms with Crippen LogP contribution in [0.1, 0.15) is 41.5 Å². The minimum Gasteiger partial charge on any atom is -0.534 e. The van der Waals surface area contributed by atoms with Crippen molar-refractivity contribution in [2.75, 3.05) is 7.11 Å². The van der Waals surface area contributed by atoms with Crippen molar-refractivity contribution in [3.8, 4) is 22.6 Å². The fraction of sp³-hybridized carbons (Fsp3) is 0.139. The zero-order valence-corrected chi connectivity index (χ0v) is 25.2. The summed E-state index contributed by atoms with van der Waals surface area (Å²) in [4.78, 5) is 29.9. The molecule has 0 saturated carbocycles. The van der Waals surface area contributed by atoms with Crippen LogP contribution >= 0.6 is 0 Å². The van der Waals surface area contributed by atoms with Crippen molar-refractivity contribution in [2.45, 2.75) is 25.8 Å². The van der Waals surface area contributed by atoms with Crippen LogP contribution in [0.3, 0.4) is 0 Å². The number of rotatable bonds is 9. The molecule has 0 spiro atoms. The third-order valence-corrected chi connectivity index (χ3v) is 12.4. The van der Waals surface area contributed by atoms with E-state index in [1.807, 2.05) is 36.4 Å². The Labute approximate surface area is 247 Å². The first-order valence-corrected chi connectivity index (χ1v) is 15.7. The molecule has 0 aliphatic heterocycles. The van der Waals surface area contributed by atoms with Crippen molar-refractivity contribution in [3.05, 3.63) is 139 Å². The summed E-state index contributed by atoms with van der Waals surface area (Å²) >= 11 is 0. The summed E-state index contributed by atoms with van der Waals surface area (Å²) in [5.41, 5.74) is 2.21. The fourth-order valence-electron chi connectivity index (χ4n) is 5.35. The topological polar surface area (TPSA) is 65.5 Å². The van der Waals surface area contributed by atoms with Crippen LogP contribution in [0.15, 0.2) is 128 Å². The van der Waals surface area contributed by atoms with Gasteiger partial charge in [-0.3, -0.25) is 14.6 Å². The van der Waals surface area contributed by atoms with Gasteiger partial charge in [0.15, 0.2) is 0 Å². The van der Waals surface area contributed by atoms with Crippen molar-refractivity contribution < 1.29 is 18.8 Å². The minimum absolute atomic E-state index is 0.224. The maximum Gasteiger partial charge on any atom is 0.319 e. The molecule has 0 atom stereocenters. The Morgan fingerprint density at radius 2 is 1.19 bits per heavy atom. The van der Waals surface area contributed by atoms with Gasteiger partial charge >= 0.3 is 8.32 Å². The molecule has 0 aliphatic carbocycles. The number of hydrogen-bond acceptors (Lipinski definition) is 5. The minimum atomic E-state index is -2.89. The van der Waals surface area contributed by atoms with Gasteiger partial charge in [0.25, 0.3) is 0 Å². The van der Waals surface area contributed by atoms with Crippen LogP contribution in [0.4, 0.5) is 0 Å². The number of carbonyl (C=O) groups is 2. The quantitative estimate of drug-likeness (QED) is 0.111. The number of ether oxygens (including phenoxy) is 1. The molecule has 0 fully saturated rings. The van der Waals surface area contributed by atoms with Crippen LogP contribution in [0.25, 0.3) is 11.1 Å². The fourth-order valence-corrected chi connectivity index (χ4v) is 9.75. The van der Waals surface area contributed by atoms with Crippen LogP contribution in [0.2, 0.25) is 5.04 Å². The maximum atomic E-state index is 13.1. The highest BCUT2D eigenvalue weighted by atomic mass is 28.4. The first kappa shape index (κ1) is 28.7. The van der Waals surface area contributed by atoms with Crippen LogP contribution in [-0.4, -0.2) is 32.0 Å². The Kier molecular flexibility index (Phi) is 8.18. The van der Waals surface area contributed by atoms with E-state index in [4.69, 9.17) is 9.16 Å². The molecule has 0 bridgehead atoms. The number of pyridine rings is 1. The van der Waals surface area contributed by atoms with Crippen LogP contribution in [0, 0.1) is 0 Å². The Hall–Kier alpha value is -4.81. The molecule has 0 saturated heterocycles. The Balaban J connectivity index is 1.60. The number of ketones is 2. The largest absolute Gasteiger partial charge is 0.534 e. The zero-order valence-electron chi connectivity index (χ0n) is 24.2. The Bertz CT molecular complexity index is 1660. The lowest BCUT2D eigenvalue weighted by Crippen LogP contribution is -2.68. The van der Waals surface area contributed by atoms with Crippen molar-refractivity contribution in [2.24, 2.45) is 0 Å². The summed E-state index contributed by atoms with van der Waals surface area (Å²) in [6.45, 7) is 6.69. The van der Waals surface area contributed by atoms with Gasteiger partial charge in [0.1, 0.15) is 11.5 Å². The summed E-state index contributed by atoms with van der Waals surface area (Å²) < 4.78 is 13.0. The number of Topliss-reactive ketones (excluding diaryl/α,β-unsaturated/α-hetero) is 2. The van der Waals surface area contributed by atoms with Crippen molar-refractivity contribution in [1.29, 1.82) is 0 Å². The lowest BCUT2D eigenvalue weighted by atomic mass is 9.97. The molecule has 6 heteroatoms. The Morgan fingerprint density at radius 1 is 0.619 bits per heavy atom. The third kappa shape index (κ3) is 5.67. The monoisotopic (exact) mass is 571 g/mol. The molecule has 0 radical (unpaired) electrons. The number of aromatic nitrogens is 1. The SMILES string of the molecule is COc1cc(O[Si](c2ccccc2)(c2ccccc2)C(C)(C)C)cc(-c2cccc(C(=O)C(=O)c3ccncc3)c2)c1. The lowest BCUT2D eigenvalue weighted by Gasteiger charge is -2.43. The smallest absolute Gasteiger partial charge is 0.319 e. The molecule has 5 nitrogen and oxygen atoms in total. The number of methoxy groups -OCH3 is 1. The van der Waals surface area contributed by atoms with Crippen LogP contribution in [-0.2, 0) is 0 Å². The molecule has 210 valence electrons. The number of carbonyl (C=O) groups excluding carboxylic acids is 2. The molecule has 5 rings (SSSR count). The first-order valence-electron chi connectivity index (χ1n) is 13.8. The van der Waals surface area contributed by atoms with Crippen LogP contribution < -0.4 is 19.5 Å². The average molecular weight is 572 g/mol. The summed E-state index contributed by atoms with van der Waals surface area (Å²) in [5, 5.41) is 2.10. The van der Waals surface area contributed by atoms with E-state index in [-0.39, 0.29) is 5.04 Å². The van der Waals surface area contributed by atoms with Gasteiger partial charge in [0.2, 0.25) is 11.6 Å². The number of nitrogens with zero attached hydrogens (tertiary/aromatic N) is 1. The Morgan fingerprint density at radius 3 is 1.76 bits per heavy atom. The highest BCUT2D eigenvalue weighted by molar-refractivity contribution is 7.00. The van der Waals surface area contributed by atoms with Crippen LogP contribution in [0.5, 0.6) is 11.5 Å². The second kappa shape index (κ2) is 12.0. The number of hydrogen-bond donors (Lipinski definition) is 0. The normalized spacial score (nSPS) is 11.5. The van der Waals surface area contributed by atoms with E-state index in [1.165, 1.54) is 12.4 Å². The molecule has 5 aromatic rings. The van der Waals surface area contributed by atoms with Gasteiger partial charge in [-0.05, 0) is 56.9 Å². The molecule has 0 amide bonds. The third-order valence-electron chi connectivity index (χ3n) is 7.41. The second-order valence-electron chi connectivity index (χ2n) is 11.1. The molecule has 4 aromatic carbocycles. The summed E-state index contributed by atoms with van der Waals surface area (Å²) in [5.74, 6) is 0.152. The van der Waals surface area contributed by atoms with E-state index in [9.17, 15) is 9.59 Å².